The summed E-state index contributed by atoms with van der Waals surface area (Å²) in [5.41, 5.74) is 0. The van der Waals surface area contributed by atoms with E-state index < -0.39 is 10.0 Å². The van der Waals surface area contributed by atoms with Crippen LogP contribution in [-0.4, -0.2) is 48.6 Å². The first kappa shape index (κ1) is 16.1. The Morgan fingerprint density at radius 1 is 1.32 bits per heavy atom. The summed E-state index contributed by atoms with van der Waals surface area (Å²) < 4.78 is 27.5. The molecule has 0 bridgehead atoms. The number of nitrogens with zero attached hydrogens (tertiary/aromatic N) is 3. The van der Waals surface area contributed by atoms with Gasteiger partial charge >= 0.3 is 0 Å². The molecule has 0 aliphatic rings. The van der Waals surface area contributed by atoms with E-state index >= 15 is 0 Å². The lowest BCUT2D eigenvalue weighted by Crippen LogP contribution is -2.30. The standard InChI is InChI=1S/C11H23N5O2S/c1-3-6-12-7-4-9-19(17,18)14-8-5-11-13-10-16(2)15-11/h10,12,14H,3-9H2,1-2H3. The molecule has 0 unspecified atom stereocenters. The molecular weight excluding hydrogens is 266 g/mol. The maximum Gasteiger partial charge on any atom is 0.211 e. The Labute approximate surface area is 114 Å². The summed E-state index contributed by atoms with van der Waals surface area (Å²) in [4.78, 5) is 4.04. The third kappa shape index (κ3) is 7.24. The Kier molecular flexibility index (Phi) is 6.96. The quantitative estimate of drug-likeness (QED) is 0.576. The van der Waals surface area contributed by atoms with Crippen molar-refractivity contribution in [3.8, 4) is 0 Å². The van der Waals surface area contributed by atoms with Crippen molar-refractivity contribution in [3.63, 3.8) is 0 Å². The average Bonchev–Trinajstić information content (AvgIpc) is 2.74. The summed E-state index contributed by atoms with van der Waals surface area (Å²) >= 11 is 0. The van der Waals surface area contributed by atoms with Crippen LogP contribution in [0.1, 0.15) is 25.6 Å². The zero-order valence-electron chi connectivity index (χ0n) is 11.6. The van der Waals surface area contributed by atoms with E-state index in [1.54, 1.807) is 18.1 Å². The number of sulfonamides is 1. The Morgan fingerprint density at radius 2 is 2.11 bits per heavy atom. The van der Waals surface area contributed by atoms with Gasteiger partial charge in [0.15, 0.2) is 5.82 Å². The molecule has 1 heterocycles. The molecule has 8 heteroatoms. The molecule has 0 radical (unpaired) electrons. The van der Waals surface area contributed by atoms with Gasteiger partial charge in [-0.1, -0.05) is 6.92 Å². The minimum Gasteiger partial charge on any atom is -0.317 e. The van der Waals surface area contributed by atoms with E-state index in [0.29, 0.717) is 25.2 Å². The number of aromatic nitrogens is 3. The number of aryl methyl sites for hydroxylation is 1. The fourth-order valence-corrected chi connectivity index (χ4v) is 2.66. The van der Waals surface area contributed by atoms with Gasteiger partial charge in [0.2, 0.25) is 10.0 Å². The zero-order valence-corrected chi connectivity index (χ0v) is 12.4. The van der Waals surface area contributed by atoms with E-state index in [-0.39, 0.29) is 5.75 Å². The number of rotatable bonds is 10. The Hall–Kier alpha value is -0.990. The van der Waals surface area contributed by atoms with Crippen LogP contribution >= 0.6 is 0 Å². The van der Waals surface area contributed by atoms with Gasteiger partial charge < -0.3 is 5.32 Å². The lowest BCUT2D eigenvalue weighted by atomic mass is 10.4. The van der Waals surface area contributed by atoms with E-state index in [1.807, 2.05) is 0 Å². The number of nitrogens with one attached hydrogen (secondary N) is 2. The molecule has 0 amide bonds. The minimum atomic E-state index is -3.18. The topological polar surface area (TPSA) is 88.9 Å². The highest BCUT2D eigenvalue weighted by Gasteiger charge is 2.09. The van der Waals surface area contributed by atoms with E-state index in [2.05, 4.69) is 27.0 Å². The van der Waals surface area contributed by atoms with Gasteiger partial charge in [0.1, 0.15) is 6.33 Å². The van der Waals surface area contributed by atoms with Gasteiger partial charge in [0, 0.05) is 20.0 Å². The molecule has 1 rings (SSSR count). The van der Waals surface area contributed by atoms with Crippen molar-refractivity contribution >= 4 is 10.0 Å². The van der Waals surface area contributed by atoms with Gasteiger partial charge in [-0.15, -0.1) is 0 Å². The molecule has 0 aliphatic carbocycles. The van der Waals surface area contributed by atoms with Crippen LogP contribution < -0.4 is 10.0 Å². The molecule has 0 atom stereocenters. The molecular formula is C11H23N5O2S. The average molecular weight is 289 g/mol. The molecule has 1 aromatic rings. The van der Waals surface area contributed by atoms with Crippen molar-refractivity contribution in [2.24, 2.45) is 7.05 Å². The van der Waals surface area contributed by atoms with Gasteiger partial charge in [-0.3, -0.25) is 4.68 Å². The Balaban J connectivity index is 2.16. The largest absolute Gasteiger partial charge is 0.317 e. The first-order valence-electron chi connectivity index (χ1n) is 6.56. The molecule has 110 valence electrons. The number of hydrogen-bond donors (Lipinski definition) is 2. The van der Waals surface area contributed by atoms with Crippen LogP contribution in [-0.2, 0) is 23.5 Å². The third-order valence-electron chi connectivity index (χ3n) is 2.51. The highest BCUT2D eigenvalue weighted by Crippen LogP contribution is 1.92. The first-order chi connectivity index (χ1) is 9.03. The molecule has 1 aromatic heterocycles. The molecule has 19 heavy (non-hydrogen) atoms. The monoisotopic (exact) mass is 289 g/mol. The molecule has 0 saturated heterocycles. The van der Waals surface area contributed by atoms with E-state index in [9.17, 15) is 8.42 Å². The van der Waals surface area contributed by atoms with E-state index in [0.717, 1.165) is 19.5 Å². The van der Waals surface area contributed by atoms with E-state index in [4.69, 9.17) is 0 Å². The van der Waals surface area contributed by atoms with Crippen molar-refractivity contribution in [3.05, 3.63) is 12.2 Å². The van der Waals surface area contributed by atoms with Crippen LogP contribution in [0.3, 0.4) is 0 Å². The highest BCUT2D eigenvalue weighted by molar-refractivity contribution is 7.89. The zero-order chi connectivity index (χ0) is 14.1. The summed E-state index contributed by atoms with van der Waals surface area (Å²) in [6, 6.07) is 0. The molecule has 0 aliphatic heterocycles. The smallest absolute Gasteiger partial charge is 0.211 e. The van der Waals surface area contributed by atoms with Crippen molar-refractivity contribution in [1.82, 2.24) is 24.8 Å². The minimum absolute atomic E-state index is 0.152. The molecule has 0 spiro atoms. The Morgan fingerprint density at radius 3 is 2.74 bits per heavy atom. The van der Waals surface area contributed by atoms with Gasteiger partial charge in [0.25, 0.3) is 0 Å². The van der Waals surface area contributed by atoms with Crippen LogP contribution in [0.25, 0.3) is 0 Å². The molecule has 7 nitrogen and oxygen atoms in total. The summed E-state index contributed by atoms with van der Waals surface area (Å²) in [5.74, 6) is 0.800. The SMILES string of the molecule is CCCNCCCS(=O)(=O)NCCc1ncn(C)n1. The molecule has 2 N–H and O–H groups in total. The van der Waals surface area contributed by atoms with Gasteiger partial charge in [-0.2, -0.15) is 5.10 Å². The van der Waals surface area contributed by atoms with Crippen molar-refractivity contribution in [1.29, 1.82) is 0 Å². The maximum absolute atomic E-state index is 11.7. The van der Waals surface area contributed by atoms with Crippen LogP contribution in [0, 0.1) is 0 Å². The summed E-state index contributed by atoms with van der Waals surface area (Å²) in [7, 11) is -1.40. The fourth-order valence-electron chi connectivity index (χ4n) is 1.58. The normalized spacial score (nSPS) is 11.9. The fraction of sp³-hybridized carbons (Fsp3) is 0.818. The lowest BCUT2D eigenvalue weighted by Gasteiger charge is -2.06. The predicted octanol–water partition coefficient (Wildman–Crippen LogP) is -0.333. The van der Waals surface area contributed by atoms with Gasteiger partial charge in [-0.05, 0) is 25.9 Å². The van der Waals surface area contributed by atoms with Crippen LogP contribution in [0.15, 0.2) is 6.33 Å². The summed E-state index contributed by atoms with van der Waals surface area (Å²) in [6.45, 7) is 4.08. The maximum atomic E-state index is 11.7. The van der Waals surface area contributed by atoms with Crippen molar-refractivity contribution in [2.75, 3.05) is 25.4 Å². The first-order valence-corrected chi connectivity index (χ1v) is 8.21. The Bertz CT molecular complexity index is 457. The van der Waals surface area contributed by atoms with Gasteiger partial charge in [-0.25, -0.2) is 18.1 Å². The molecule has 0 saturated carbocycles. The van der Waals surface area contributed by atoms with Crippen LogP contribution in [0.4, 0.5) is 0 Å². The third-order valence-corrected chi connectivity index (χ3v) is 3.98. The molecule has 0 aromatic carbocycles. The van der Waals surface area contributed by atoms with Crippen LogP contribution in [0.2, 0.25) is 0 Å². The van der Waals surface area contributed by atoms with E-state index in [1.165, 1.54) is 0 Å². The second-order valence-electron chi connectivity index (χ2n) is 4.40. The summed E-state index contributed by atoms with van der Waals surface area (Å²) in [6.07, 6.45) is 3.79. The second kappa shape index (κ2) is 8.23. The number of hydrogen-bond acceptors (Lipinski definition) is 5. The van der Waals surface area contributed by atoms with Crippen molar-refractivity contribution in [2.45, 2.75) is 26.2 Å². The highest BCUT2D eigenvalue weighted by atomic mass is 32.2. The predicted molar refractivity (Wildman–Crippen MR) is 74.3 cm³/mol. The van der Waals surface area contributed by atoms with Crippen molar-refractivity contribution < 1.29 is 8.42 Å². The summed E-state index contributed by atoms with van der Waals surface area (Å²) in [5, 5.41) is 7.26. The molecule has 0 fully saturated rings. The van der Waals surface area contributed by atoms with Gasteiger partial charge in [0.05, 0.1) is 5.75 Å². The second-order valence-corrected chi connectivity index (χ2v) is 6.33. The lowest BCUT2D eigenvalue weighted by molar-refractivity contribution is 0.573. The van der Waals surface area contributed by atoms with Crippen LogP contribution in [0.5, 0.6) is 0 Å².